The first-order chi connectivity index (χ1) is 13.2. The minimum Gasteiger partial charge on any atom is -0.486 e. The van der Waals surface area contributed by atoms with Crippen LogP contribution >= 0.6 is 11.6 Å². The fraction of sp³-hybridized carbons (Fsp3) is 0.286. The molecule has 2 aromatic rings. The Balaban J connectivity index is 1.35. The number of nitrogens with one attached hydrogen (secondary N) is 1. The number of halogens is 1. The smallest absolute Gasteiger partial charge is 0.317 e. The summed E-state index contributed by atoms with van der Waals surface area (Å²) in [5.41, 5.74) is 3.40. The Morgan fingerprint density at radius 1 is 1.15 bits per heavy atom. The van der Waals surface area contributed by atoms with Crippen LogP contribution in [0.15, 0.2) is 48.5 Å². The molecule has 0 spiro atoms. The monoisotopic (exact) mass is 384 g/mol. The van der Waals surface area contributed by atoms with Gasteiger partial charge in [0.2, 0.25) is 0 Å². The van der Waals surface area contributed by atoms with E-state index in [9.17, 15) is 4.79 Å². The molecule has 5 nitrogen and oxygen atoms in total. The molecule has 0 fully saturated rings. The van der Waals surface area contributed by atoms with Crippen molar-refractivity contribution in [1.29, 1.82) is 0 Å². The van der Waals surface area contributed by atoms with Crippen LogP contribution < -0.4 is 14.8 Å². The molecule has 0 aromatic heterocycles. The number of hydrogen-bond donors (Lipinski definition) is 1. The van der Waals surface area contributed by atoms with Crippen LogP contribution in [0.3, 0.4) is 0 Å². The fourth-order valence-corrected chi connectivity index (χ4v) is 3.61. The number of amides is 2. The van der Waals surface area contributed by atoms with Gasteiger partial charge in [-0.15, -0.1) is 0 Å². The average Bonchev–Trinajstić information content (AvgIpc) is 2.73. The molecule has 2 aliphatic heterocycles. The Morgan fingerprint density at radius 3 is 2.74 bits per heavy atom. The van der Waals surface area contributed by atoms with Crippen LogP contribution in [0, 0.1) is 0 Å². The van der Waals surface area contributed by atoms with Crippen molar-refractivity contribution < 1.29 is 14.3 Å². The minimum absolute atomic E-state index is 0.0793. The molecule has 2 aromatic carbocycles. The highest BCUT2D eigenvalue weighted by atomic mass is 35.5. The maximum Gasteiger partial charge on any atom is 0.317 e. The van der Waals surface area contributed by atoms with E-state index in [0.29, 0.717) is 49.4 Å². The number of fused-ring (bicyclic) bond motifs is 1. The van der Waals surface area contributed by atoms with Crippen molar-refractivity contribution in [1.82, 2.24) is 10.2 Å². The van der Waals surface area contributed by atoms with Gasteiger partial charge in [-0.2, -0.15) is 0 Å². The van der Waals surface area contributed by atoms with E-state index < -0.39 is 0 Å². The molecule has 2 amide bonds. The van der Waals surface area contributed by atoms with E-state index in [0.717, 1.165) is 12.0 Å². The summed E-state index contributed by atoms with van der Waals surface area (Å²) in [7, 11) is 0. The lowest BCUT2D eigenvalue weighted by molar-refractivity contribution is 0.171. The number of benzene rings is 2. The molecular weight excluding hydrogens is 364 g/mol. The van der Waals surface area contributed by atoms with Crippen molar-refractivity contribution in [2.45, 2.75) is 13.0 Å². The van der Waals surface area contributed by atoms with Gasteiger partial charge < -0.3 is 19.7 Å². The van der Waals surface area contributed by atoms with Crippen LogP contribution in [0.1, 0.15) is 17.5 Å². The predicted molar refractivity (Wildman–Crippen MR) is 105 cm³/mol. The fourth-order valence-electron chi connectivity index (χ4n) is 3.32. The molecule has 0 aliphatic carbocycles. The quantitative estimate of drug-likeness (QED) is 0.866. The SMILES string of the molecule is O=C(NCc1cc(Cl)c2c(c1)OCCO2)N1CC=C(c2ccccc2)CC1. The Bertz CT molecular complexity index is 867. The number of urea groups is 1. The summed E-state index contributed by atoms with van der Waals surface area (Å²) in [6.07, 6.45) is 2.98. The predicted octanol–water partition coefficient (Wildman–Crippen LogP) is 4.11. The van der Waals surface area contributed by atoms with E-state index in [2.05, 4.69) is 23.5 Å². The standard InChI is InChI=1S/C21H21ClN2O3/c22-18-12-15(13-19-20(18)27-11-10-26-19)14-23-21(25)24-8-6-17(7-9-24)16-4-2-1-3-5-16/h1-6,12-13H,7-11,14H2,(H,23,25). The number of carbonyl (C=O) groups is 1. The van der Waals surface area contributed by atoms with E-state index in [-0.39, 0.29) is 6.03 Å². The van der Waals surface area contributed by atoms with E-state index in [4.69, 9.17) is 21.1 Å². The number of hydrogen-bond acceptors (Lipinski definition) is 3. The van der Waals surface area contributed by atoms with Crippen LogP contribution in [0.2, 0.25) is 5.02 Å². The maximum absolute atomic E-state index is 12.5. The molecule has 0 unspecified atom stereocenters. The molecule has 2 heterocycles. The van der Waals surface area contributed by atoms with Gasteiger partial charge in [0, 0.05) is 19.6 Å². The van der Waals surface area contributed by atoms with E-state index in [1.807, 2.05) is 29.2 Å². The van der Waals surface area contributed by atoms with Crippen molar-refractivity contribution in [2.24, 2.45) is 0 Å². The lowest BCUT2D eigenvalue weighted by atomic mass is 10.00. The Kier molecular flexibility index (Phi) is 5.21. The van der Waals surface area contributed by atoms with Crippen molar-refractivity contribution in [3.63, 3.8) is 0 Å². The second-order valence-electron chi connectivity index (χ2n) is 6.55. The lowest BCUT2D eigenvalue weighted by Gasteiger charge is -2.27. The van der Waals surface area contributed by atoms with Gasteiger partial charge >= 0.3 is 6.03 Å². The van der Waals surface area contributed by atoms with Crippen LogP contribution in [-0.2, 0) is 6.54 Å². The van der Waals surface area contributed by atoms with Gasteiger partial charge in [-0.25, -0.2) is 4.79 Å². The molecule has 4 rings (SSSR count). The summed E-state index contributed by atoms with van der Waals surface area (Å²) in [6.45, 7) is 2.70. The third kappa shape index (κ3) is 4.03. The van der Waals surface area contributed by atoms with Gasteiger partial charge in [-0.1, -0.05) is 48.0 Å². The largest absolute Gasteiger partial charge is 0.486 e. The van der Waals surface area contributed by atoms with Gasteiger partial charge in [0.25, 0.3) is 0 Å². The molecule has 1 N–H and O–H groups in total. The van der Waals surface area contributed by atoms with Gasteiger partial charge in [0.05, 0.1) is 5.02 Å². The normalized spacial score (nSPS) is 15.9. The van der Waals surface area contributed by atoms with Crippen LogP contribution in [0.4, 0.5) is 4.79 Å². The molecule has 6 heteroatoms. The summed E-state index contributed by atoms with van der Waals surface area (Å²) in [5, 5.41) is 3.46. The zero-order valence-electron chi connectivity index (χ0n) is 14.9. The van der Waals surface area contributed by atoms with Crippen LogP contribution in [0.5, 0.6) is 11.5 Å². The molecule has 140 valence electrons. The first-order valence-electron chi connectivity index (χ1n) is 9.06. The molecule has 0 radical (unpaired) electrons. The van der Waals surface area contributed by atoms with E-state index in [1.54, 1.807) is 6.07 Å². The van der Waals surface area contributed by atoms with Crippen LogP contribution in [0.25, 0.3) is 5.57 Å². The molecular formula is C21H21ClN2O3. The third-order valence-corrected chi connectivity index (χ3v) is 5.02. The van der Waals surface area contributed by atoms with Gasteiger partial charge in [-0.05, 0) is 35.3 Å². The van der Waals surface area contributed by atoms with Gasteiger partial charge in [-0.3, -0.25) is 0 Å². The first kappa shape index (κ1) is 17.7. The number of rotatable bonds is 3. The average molecular weight is 385 g/mol. The topological polar surface area (TPSA) is 50.8 Å². The van der Waals surface area contributed by atoms with E-state index >= 15 is 0 Å². The Labute approximate surface area is 163 Å². The van der Waals surface area contributed by atoms with Crippen LogP contribution in [-0.4, -0.2) is 37.2 Å². The van der Waals surface area contributed by atoms with Crippen molar-refractivity contribution in [3.8, 4) is 11.5 Å². The number of carbonyl (C=O) groups excluding carboxylic acids is 1. The minimum atomic E-state index is -0.0793. The summed E-state index contributed by atoms with van der Waals surface area (Å²) in [5.74, 6) is 1.21. The Hall–Kier alpha value is -2.66. The molecule has 0 saturated heterocycles. The molecule has 0 saturated carbocycles. The molecule has 0 atom stereocenters. The molecule has 0 bridgehead atoms. The van der Waals surface area contributed by atoms with Crippen molar-refractivity contribution >= 4 is 23.2 Å². The summed E-state index contributed by atoms with van der Waals surface area (Å²) < 4.78 is 11.1. The maximum atomic E-state index is 12.5. The second kappa shape index (κ2) is 7.92. The highest BCUT2D eigenvalue weighted by Crippen LogP contribution is 2.38. The summed E-state index contributed by atoms with van der Waals surface area (Å²) >= 11 is 6.25. The zero-order chi connectivity index (χ0) is 18.6. The molecule has 2 aliphatic rings. The van der Waals surface area contributed by atoms with Crippen molar-refractivity contribution in [3.05, 3.63) is 64.7 Å². The molecule has 27 heavy (non-hydrogen) atoms. The van der Waals surface area contributed by atoms with Crippen molar-refractivity contribution in [2.75, 3.05) is 26.3 Å². The first-order valence-corrected chi connectivity index (χ1v) is 9.44. The van der Waals surface area contributed by atoms with Gasteiger partial charge in [0.15, 0.2) is 11.5 Å². The highest BCUT2D eigenvalue weighted by molar-refractivity contribution is 6.32. The zero-order valence-corrected chi connectivity index (χ0v) is 15.7. The third-order valence-electron chi connectivity index (χ3n) is 4.74. The second-order valence-corrected chi connectivity index (χ2v) is 6.96. The number of nitrogens with zero attached hydrogens (tertiary/aromatic N) is 1. The summed E-state index contributed by atoms with van der Waals surface area (Å²) in [4.78, 5) is 14.3. The summed E-state index contributed by atoms with van der Waals surface area (Å²) in [6, 6.07) is 13.9. The lowest BCUT2D eigenvalue weighted by Crippen LogP contribution is -2.41. The van der Waals surface area contributed by atoms with Gasteiger partial charge in [0.1, 0.15) is 13.2 Å². The Morgan fingerprint density at radius 2 is 1.96 bits per heavy atom. The number of ether oxygens (including phenoxy) is 2. The van der Waals surface area contributed by atoms with E-state index in [1.165, 1.54) is 11.1 Å². The highest BCUT2D eigenvalue weighted by Gasteiger charge is 2.19.